The van der Waals surface area contributed by atoms with E-state index in [4.69, 9.17) is 0 Å². The molecule has 0 aliphatic carbocycles. The number of nitrogens with zero attached hydrogens (tertiary/aromatic N) is 1. The first-order valence-electron chi connectivity index (χ1n) is 6.98. The van der Waals surface area contributed by atoms with Gasteiger partial charge in [0.05, 0.1) is 4.90 Å². The normalized spacial score (nSPS) is 23.9. The van der Waals surface area contributed by atoms with E-state index in [1.807, 2.05) is 13.0 Å². The maximum atomic E-state index is 12.6. The molecule has 0 bridgehead atoms. The minimum Gasteiger partial charge on any atom is -0.385 e. The van der Waals surface area contributed by atoms with Gasteiger partial charge in [-0.2, -0.15) is 4.31 Å². The van der Waals surface area contributed by atoms with Crippen molar-refractivity contribution >= 4 is 15.7 Å². The number of fused-ring (bicyclic) bond motifs is 1. The molecule has 0 spiro atoms. The van der Waals surface area contributed by atoms with Crippen molar-refractivity contribution in [3.05, 3.63) is 23.8 Å². The standard InChI is InChI=1S/C14H20N2O2S/c1-11-4-3-9-16(11)19(17,18)13-7-6-12-5-2-8-15-14(12)10-13/h6-7,10-11,15H,2-5,8-9H2,1H3. The summed E-state index contributed by atoms with van der Waals surface area (Å²) in [5.74, 6) is 0. The highest BCUT2D eigenvalue weighted by Gasteiger charge is 2.32. The minimum atomic E-state index is -3.33. The van der Waals surface area contributed by atoms with Gasteiger partial charge < -0.3 is 5.32 Å². The molecule has 104 valence electrons. The Morgan fingerprint density at radius 2 is 2.16 bits per heavy atom. The summed E-state index contributed by atoms with van der Waals surface area (Å²) in [7, 11) is -3.33. The number of hydrogen-bond acceptors (Lipinski definition) is 3. The Hall–Kier alpha value is -1.07. The topological polar surface area (TPSA) is 49.4 Å². The van der Waals surface area contributed by atoms with Crippen LogP contribution in [0.5, 0.6) is 0 Å². The number of anilines is 1. The smallest absolute Gasteiger partial charge is 0.243 e. The predicted molar refractivity (Wildman–Crippen MR) is 75.8 cm³/mol. The molecule has 4 nitrogen and oxygen atoms in total. The summed E-state index contributed by atoms with van der Waals surface area (Å²) in [5.41, 5.74) is 2.21. The minimum absolute atomic E-state index is 0.119. The van der Waals surface area contributed by atoms with Crippen LogP contribution in [0.1, 0.15) is 31.7 Å². The first-order valence-corrected chi connectivity index (χ1v) is 8.42. The zero-order chi connectivity index (χ0) is 13.5. The largest absolute Gasteiger partial charge is 0.385 e. The van der Waals surface area contributed by atoms with Crippen molar-refractivity contribution in [2.24, 2.45) is 0 Å². The SMILES string of the molecule is CC1CCCN1S(=O)(=O)c1ccc2c(c1)NCCC2. The van der Waals surface area contributed by atoms with Gasteiger partial charge in [-0.05, 0) is 50.3 Å². The van der Waals surface area contributed by atoms with Crippen LogP contribution in [-0.2, 0) is 16.4 Å². The third-order valence-electron chi connectivity index (χ3n) is 4.12. The van der Waals surface area contributed by atoms with Gasteiger partial charge in [-0.15, -0.1) is 0 Å². The second kappa shape index (κ2) is 4.80. The van der Waals surface area contributed by atoms with Crippen molar-refractivity contribution < 1.29 is 8.42 Å². The Morgan fingerprint density at radius 1 is 1.32 bits per heavy atom. The Kier molecular flexibility index (Phi) is 3.27. The van der Waals surface area contributed by atoms with E-state index < -0.39 is 10.0 Å². The molecular weight excluding hydrogens is 260 g/mol. The summed E-state index contributed by atoms with van der Waals surface area (Å²) in [6, 6.07) is 5.63. The Morgan fingerprint density at radius 3 is 2.89 bits per heavy atom. The van der Waals surface area contributed by atoms with Crippen LogP contribution in [0.15, 0.2) is 23.1 Å². The van der Waals surface area contributed by atoms with Gasteiger partial charge in [0.1, 0.15) is 0 Å². The molecule has 3 rings (SSSR count). The molecule has 1 fully saturated rings. The molecule has 2 aliphatic heterocycles. The van der Waals surface area contributed by atoms with Crippen molar-refractivity contribution in [2.75, 3.05) is 18.4 Å². The Bertz CT molecular complexity index is 583. The zero-order valence-electron chi connectivity index (χ0n) is 11.2. The predicted octanol–water partition coefficient (Wildman–Crippen LogP) is 2.22. The van der Waals surface area contributed by atoms with Crippen LogP contribution in [0.4, 0.5) is 5.69 Å². The van der Waals surface area contributed by atoms with Crippen LogP contribution in [0.25, 0.3) is 0 Å². The number of sulfonamides is 1. The molecule has 5 heteroatoms. The maximum absolute atomic E-state index is 12.6. The van der Waals surface area contributed by atoms with Crippen LogP contribution in [-0.4, -0.2) is 31.9 Å². The average molecular weight is 280 g/mol. The molecule has 2 heterocycles. The van der Waals surface area contributed by atoms with E-state index in [9.17, 15) is 8.42 Å². The van der Waals surface area contributed by atoms with E-state index in [0.29, 0.717) is 11.4 Å². The second-order valence-electron chi connectivity index (χ2n) is 5.46. The molecule has 1 unspecified atom stereocenters. The summed E-state index contributed by atoms with van der Waals surface area (Å²) in [5, 5.41) is 3.29. The number of benzene rings is 1. The number of hydrogen-bond donors (Lipinski definition) is 1. The summed E-state index contributed by atoms with van der Waals surface area (Å²) in [6.45, 7) is 3.56. The van der Waals surface area contributed by atoms with Crippen LogP contribution >= 0.6 is 0 Å². The first-order chi connectivity index (χ1) is 9.09. The highest BCUT2D eigenvalue weighted by Crippen LogP contribution is 2.30. The second-order valence-corrected chi connectivity index (χ2v) is 7.35. The first kappa shape index (κ1) is 12.9. The fourth-order valence-corrected chi connectivity index (χ4v) is 4.73. The van der Waals surface area contributed by atoms with E-state index in [2.05, 4.69) is 5.32 Å². The molecular formula is C14H20N2O2S. The molecule has 1 aromatic rings. The van der Waals surface area contributed by atoms with Gasteiger partial charge in [-0.3, -0.25) is 0 Å². The van der Waals surface area contributed by atoms with Gasteiger partial charge in [-0.25, -0.2) is 8.42 Å². The van der Waals surface area contributed by atoms with E-state index in [0.717, 1.165) is 37.9 Å². The monoisotopic (exact) mass is 280 g/mol. The van der Waals surface area contributed by atoms with Gasteiger partial charge in [0.25, 0.3) is 0 Å². The van der Waals surface area contributed by atoms with Crippen molar-refractivity contribution in [2.45, 2.75) is 43.5 Å². The lowest BCUT2D eigenvalue weighted by Gasteiger charge is -2.23. The summed E-state index contributed by atoms with van der Waals surface area (Å²) < 4.78 is 26.9. The lowest BCUT2D eigenvalue weighted by molar-refractivity contribution is 0.408. The molecule has 1 aromatic carbocycles. The number of rotatable bonds is 2. The van der Waals surface area contributed by atoms with Crippen LogP contribution in [0, 0.1) is 0 Å². The highest BCUT2D eigenvalue weighted by atomic mass is 32.2. The van der Waals surface area contributed by atoms with Crippen molar-refractivity contribution in [1.82, 2.24) is 4.31 Å². The van der Waals surface area contributed by atoms with Crippen molar-refractivity contribution in [1.29, 1.82) is 0 Å². The quantitative estimate of drug-likeness (QED) is 0.903. The van der Waals surface area contributed by atoms with Gasteiger partial charge in [0.15, 0.2) is 0 Å². The third-order valence-corrected chi connectivity index (χ3v) is 6.13. The van der Waals surface area contributed by atoms with E-state index in [1.165, 1.54) is 5.56 Å². The van der Waals surface area contributed by atoms with E-state index in [1.54, 1.807) is 16.4 Å². The summed E-state index contributed by atoms with van der Waals surface area (Å²) in [6.07, 6.45) is 4.07. The van der Waals surface area contributed by atoms with Crippen LogP contribution in [0.2, 0.25) is 0 Å². The molecule has 1 saturated heterocycles. The fraction of sp³-hybridized carbons (Fsp3) is 0.571. The maximum Gasteiger partial charge on any atom is 0.243 e. The van der Waals surface area contributed by atoms with Crippen LogP contribution < -0.4 is 5.32 Å². The van der Waals surface area contributed by atoms with Gasteiger partial charge in [-0.1, -0.05) is 6.07 Å². The van der Waals surface area contributed by atoms with Crippen LogP contribution in [0.3, 0.4) is 0 Å². The zero-order valence-corrected chi connectivity index (χ0v) is 12.0. The van der Waals surface area contributed by atoms with Gasteiger partial charge >= 0.3 is 0 Å². The van der Waals surface area contributed by atoms with Crippen molar-refractivity contribution in [3.63, 3.8) is 0 Å². The fourth-order valence-electron chi connectivity index (χ4n) is 3.00. The van der Waals surface area contributed by atoms with E-state index in [-0.39, 0.29) is 6.04 Å². The highest BCUT2D eigenvalue weighted by molar-refractivity contribution is 7.89. The molecule has 0 radical (unpaired) electrons. The molecule has 0 amide bonds. The molecule has 1 atom stereocenters. The van der Waals surface area contributed by atoms with Crippen molar-refractivity contribution in [3.8, 4) is 0 Å². The molecule has 19 heavy (non-hydrogen) atoms. The lowest BCUT2D eigenvalue weighted by Crippen LogP contribution is -2.33. The number of nitrogens with one attached hydrogen (secondary N) is 1. The third kappa shape index (κ3) is 2.25. The average Bonchev–Trinajstić information content (AvgIpc) is 2.85. The van der Waals surface area contributed by atoms with E-state index >= 15 is 0 Å². The summed E-state index contributed by atoms with van der Waals surface area (Å²) in [4.78, 5) is 0.425. The van der Waals surface area contributed by atoms with Gasteiger partial charge in [0, 0.05) is 24.8 Å². The molecule has 2 aliphatic rings. The summed E-state index contributed by atoms with van der Waals surface area (Å²) >= 11 is 0. The Labute approximate surface area is 114 Å². The number of aryl methyl sites for hydroxylation is 1. The molecule has 0 saturated carbocycles. The van der Waals surface area contributed by atoms with Gasteiger partial charge in [0.2, 0.25) is 10.0 Å². The Balaban J connectivity index is 1.97. The molecule has 1 N–H and O–H groups in total. The lowest BCUT2D eigenvalue weighted by atomic mass is 10.0. The molecule has 0 aromatic heterocycles.